The van der Waals surface area contributed by atoms with Crippen molar-refractivity contribution in [2.45, 2.75) is 116 Å². The van der Waals surface area contributed by atoms with Crippen molar-refractivity contribution in [2.75, 3.05) is 0 Å². The van der Waals surface area contributed by atoms with Gasteiger partial charge in [0.2, 0.25) is 0 Å². The van der Waals surface area contributed by atoms with Crippen molar-refractivity contribution in [3.8, 4) is 0 Å². The van der Waals surface area contributed by atoms with Crippen LogP contribution in [0, 0.1) is 0 Å². The highest BCUT2D eigenvalue weighted by atomic mass is 16.6. The van der Waals surface area contributed by atoms with Gasteiger partial charge in [-0.25, -0.2) is 0 Å². The molecule has 0 saturated heterocycles. The van der Waals surface area contributed by atoms with Gasteiger partial charge in [-0.1, -0.05) is 39.5 Å². The van der Waals surface area contributed by atoms with Crippen molar-refractivity contribution in [2.24, 2.45) is 0 Å². The fourth-order valence-corrected chi connectivity index (χ4v) is 3.47. The van der Waals surface area contributed by atoms with Crippen LogP contribution in [-0.2, 0) is 9.47 Å². The lowest BCUT2D eigenvalue weighted by molar-refractivity contribution is -0.186. The summed E-state index contributed by atoms with van der Waals surface area (Å²) >= 11 is 0. The smallest absolute Gasteiger partial charge is 0.0844 e. The van der Waals surface area contributed by atoms with Gasteiger partial charge in [0.1, 0.15) is 0 Å². The minimum absolute atomic E-state index is 0.0206. The molecule has 2 unspecified atom stereocenters. The molecule has 0 aromatic rings. The van der Waals surface area contributed by atoms with Gasteiger partial charge in [-0.15, -0.1) is 0 Å². The lowest BCUT2D eigenvalue weighted by atomic mass is 9.92. The predicted octanol–water partition coefficient (Wildman–Crippen LogP) is 5.49. The van der Waals surface area contributed by atoms with Crippen LogP contribution in [0.25, 0.3) is 0 Å². The molecule has 2 heteroatoms. The van der Waals surface area contributed by atoms with Crippen LogP contribution in [0.5, 0.6) is 0 Å². The zero-order valence-corrected chi connectivity index (χ0v) is 14.6. The second kappa shape index (κ2) is 7.79. The van der Waals surface area contributed by atoms with Crippen molar-refractivity contribution >= 4 is 0 Å². The van der Waals surface area contributed by atoms with E-state index in [1.165, 1.54) is 25.7 Å². The number of ether oxygens (including phenoxy) is 2. The van der Waals surface area contributed by atoms with Gasteiger partial charge >= 0.3 is 0 Å². The summed E-state index contributed by atoms with van der Waals surface area (Å²) in [5.41, 5.74) is -0.0411. The molecule has 0 radical (unpaired) electrons. The van der Waals surface area contributed by atoms with Crippen LogP contribution in [0.1, 0.15) is 92.9 Å². The molecule has 0 N–H and O–H groups in total. The van der Waals surface area contributed by atoms with Crippen molar-refractivity contribution in [1.82, 2.24) is 0 Å². The third-order valence-electron chi connectivity index (χ3n) is 4.29. The minimum Gasteiger partial charge on any atom is -0.370 e. The first-order valence-corrected chi connectivity index (χ1v) is 8.65. The molecule has 120 valence electrons. The fourth-order valence-electron chi connectivity index (χ4n) is 3.47. The SMILES string of the molecule is CCCC(C)(C)OC1CCCCC1OC(C)(C)CCC. The third-order valence-corrected chi connectivity index (χ3v) is 4.29. The largest absolute Gasteiger partial charge is 0.370 e. The van der Waals surface area contributed by atoms with Crippen LogP contribution in [0.15, 0.2) is 0 Å². The molecule has 1 saturated carbocycles. The molecule has 2 atom stereocenters. The maximum absolute atomic E-state index is 6.43. The van der Waals surface area contributed by atoms with E-state index in [1.54, 1.807) is 0 Å². The van der Waals surface area contributed by atoms with Gasteiger partial charge < -0.3 is 9.47 Å². The third kappa shape index (κ3) is 6.13. The van der Waals surface area contributed by atoms with Crippen LogP contribution in [0.2, 0.25) is 0 Å². The second-order valence-electron chi connectivity index (χ2n) is 7.62. The Labute approximate surface area is 126 Å². The molecule has 0 aromatic carbocycles. The van der Waals surface area contributed by atoms with E-state index in [2.05, 4.69) is 41.5 Å². The predicted molar refractivity (Wildman–Crippen MR) is 86.2 cm³/mol. The molecule has 0 aliphatic heterocycles. The van der Waals surface area contributed by atoms with Gasteiger partial charge in [-0.05, 0) is 53.4 Å². The van der Waals surface area contributed by atoms with Crippen LogP contribution in [0.4, 0.5) is 0 Å². The topological polar surface area (TPSA) is 18.5 Å². The average Bonchev–Trinajstić information content (AvgIpc) is 2.30. The monoisotopic (exact) mass is 284 g/mol. The Morgan fingerprint density at radius 2 is 1.10 bits per heavy atom. The molecular weight excluding hydrogens is 248 g/mol. The molecule has 0 heterocycles. The van der Waals surface area contributed by atoms with Gasteiger partial charge in [0.25, 0.3) is 0 Å². The van der Waals surface area contributed by atoms with Gasteiger partial charge in [-0.2, -0.15) is 0 Å². The van der Waals surface area contributed by atoms with Crippen LogP contribution in [-0.4, -0.2) is 23.4 Å². The lowest BCUT2D eigenvalue weighted by Crippen LogP contribution is -2.44. The second-order valence-corrected chi connectivity index (χ2v) is 7.62. The molecule has 0 amide bonds. The first-order chi connectivity index (χ1) is 9.29. The normalized spacial score (nSPS) is 24.9. The highest BCUT2D eigenvalue weighted by molar-refractivity contribution is 4.83. The summed E-state index contributed by atoms with van der Waals surface area (Å²) in [6.45, 7) is 13.3. The molecule has 1 aliphatic rings. The van der Waals surface area contributed by atoms with Crippen molar-refractivity contribution in [3.63, 3.8) is 0 Å². The lowest BCUT2D eigenvalue weighted by Gasteiger charge is -2.41. The molecule has 20 heavy (non-hydrogen) atoms. The zero-order valence-electron chi connectivity index (χ0n) is 14.6. The van der Waals surface area contributed by atoms with Gasteiger partial charge in [0.15, 0.2) is 0 Å². The fraction of sp³-hybridized carbons (Fsp3) is 1.00. The summed E-state index contributed by atoms with van der Waals surface area (Å²) in [6, 6.07) is 0. The molecular formula is C18H36O2. The highest BCUT2D eigenvalue weighted by Crippen LogP contribution is 2.32. The maximum atomic E-state index is 6.43. The van der Waals surface area contributed by atoms with Gasteiger partial charge in [-0.3, -0.25) is 0 Å². The average molecular weight is 284 g/mol. The molecule has 0 spiro atoms. The van der Waals surface area contributed by atoms with E-state index in [-0.39, 0.29) is 23.4 Å². The summed E-state index contributed by atoms with van der Waals surface area (Å²) in [6.07, 6.45) is 10.0. The Kier molecular flexibility index (Phi) is 7.00. The van der Waals surface area contributed by atoms with E-state index >= 15 is 0 Å². The Morgan fingerprint density at radius 3 is 1.40 bits per heavy atom. The molecule has 1 fully saturated rings. The minimum atomic E-state index is -0.0206. The summed E-state index contributed by atoms with van der Waals surface area (Å²) in [4.78, 5) is 0. The maximum Gasteiger partial charge on any atom is 0.0844 e. The number of rotatable bonds is 8. The summed E-state index contributed by atoms with van der Waals surface area (Å²) in [7, 11) is 0. The van der Waals surface area contributed by atoms with E-state index < -0.39 is 0 Å². The van der Waals surface area contributed by atoms with Crippen LogP contribution in [0.3, 0.4) is 0 Å². The first-order valence-electron chi connectivity index (χ1n) is 8.65. The number of hydrogen-bond acceptors (Lipinski definition) is 2. The van der Waals surface area contributed by atoms with E-state index in [1.807, 2.05) is 0 Å². The van der Waals surface area contributed by atoms with Crippen molar-refractivity contribution in [3.05, 3.63) is 0 Å². The van der Waals surface area contributed by atoms with Crippen LogP contribution < -0.4 is 0 Å². The molecule has 1 rings (SSSR count). The molecule has 0 aromatic heterocycles. The van der Waals surface area contributed by atoms with E-state index in [9.17, 15) is 0 Å². The Bertz CT molecular complexity index is 243. The molecule has 2 nitrogen and oxygen atoms in total. The zero-order chi connectivity index (χ0) is 15.2. The standard InChI is InChI=1S/C18H36O2/c1-7-13-17(3,4)19-15-11-9-10-12-16(15)20-18(5,6)14-8-2/h15-16H,7-14H2,1-6H3. The Morgan fingerprint density at radius 1 is 0.750 bits per heavy atom. The Balaban J connectivity index is 2.62. The quantitative estimate of drug-likeness (QED) is 0.587. The molecule has 1 aliphatic carbocycles. The molecule has 0 bridgehead atoms. The summed E-state index contributed by atoms with van der Waals surface area (Å²) < 4.78 is 12.9. The van der Waals surface area contributed by atoms with E-state index in [4.69, 9.17) is 9.47 Å². The summed E-state index contributed by atoms with van der Waals surface area (Å²) in [5, 5.41) is 0. The van der Waals surface area contributed by atoms with Crippen LogP contribution >= 0.6 is 0 Å². The summed E-state index contributed by atoms with van der Waals surface area (Å²) in [5.74, 6) is 0. The van der Waals surface area contributed by atoms with Gasteiger partial charge in [0.05, 0.1) is 23.4 Å². The van der Waals surface area contributed by atoms with E-state index in [0.717, 1.165) is 25.7 Å². The highest BCUT2D eigenvalue weighted by Gasteiger charge is 2.34. The van der Waals surface area contributed by atoms with Crippen molar-refractivity contribution < 1.29 is 9.47 Å². The first kappa shape index (κ1) is 18.0. The number of hydrogen-bond donors (Lipinski definition) is 0. The van der Waals surface area contributed by atoms with Crippen molar-refractivity contribution in [1.29, 1.82) is 0 Å². The van der Waals surface area contributed by atoms with E-state index in [0.29, 0.717) is 0 Å². The Hall–Kier alpha value is -0.0800. The van der Waals surface area contributed by atoms with Gasteiger partial charge in [0, 0.05) is 0 Å².